The molecule has 0 saturated carbocycles. The maximum absolute atomic E-state index is 13.3. The summed E-state index contributed by atoms with van der Waals surface area (Å²) in [6.07, 6.45) is 2.77. The van der Waals surface area contributed by atoms with Gasteiger partial charge in [-0.25, -0.2) is 9.97 Å². The number of benzene rings is 1. The summed E-state index contributed by atoms with van der Waals surface area (Å²) in [7, 11) is 0. The lowest BCUT2D eigenvalue weighted by Crippen LogP contribution is -2.58. The van der Waals surface area contributed by atoms with E-state index >= 15 is 0 Å². The first kappa shape index (κ1) is 29.8. The molecule has 2 saturated heterocycles. The molecular formula is C27H34Cl2N8O3. The summed E-state index contributed by atoms with van der Waals surface area (Å²) in [5, 5.41) is 21.2. The number of anilines is 2. The molecule has 0 spiro atoms. The number of nitrogens with one attached hydrogen (secondary N) is 1. The Balaban J connectivity index is 1.39. The number of amides is 2. The van der Waals surface area contributed by atoms with Crippen LogP contribution in [0.3, 0.4) is 0 Å². The van der Waals surface area contributed by atoms with Crippen molar-refractivity contribution < 1.29 is 14.7 Å². The fourth-order valence-corrected chi connectivity index (χ4v) is 5.96. The third-order valence-corrected chi connectivity index (χ3v) is 8.05. The van der Waals surface area contributed by atoms with Gasteiger partial charge in [-0.05, 0) is 43.0 Å². The molecule has 13 heteroatoms. The van der Waals surface area contributed by atoms with Crippen LogP contribution in [0, 0.1) is 11.3 Å². The van der Waals surface area contributed by atoms with Crippen molar-refractivity contribution in [2.75, 3.05) is 56.5 Å². The molecule has 0 bridgehead atoms. The lowest BCUT2D eigenvalue weighted by molar-refractivity contribution is 0.0490. The number of piperazine rings is 1. The van der Waals surface area contributed by atoms with Crippen molar-refractivity contribution in [1.82, 2.24) is 25.1 Å². The van der Waals surface area contributed by atoms with Gasteiger partial charge in [-0.2, -0.15) is 5.26 Å². The number of halogens is 2. The number of nitrogens with two attached hydrogens (primary N) is 1. The normalized spacial score (nSPS) is 18.4. The number of aliphatic hydroxyl groups is 1. The Bertz CT molecular complexity index is 1280. The van der Waals surface area contributed by atoms with Gasteiger partial charge >= 0.3 is 0 Å². The number of nitriles is 1. The fourth-order valence-electron chi connectivity index (χ4n) is 5.52. The largest absolute Gasteiger partial charge is 0.395 e. The van der Waals surface area contributed by atoms with Gasteiger partial charge in [0.15, 0.2) is 22.5 Å². The number of nitrogens with zero attached hydrogens (tertiary/aromatic N) is 6. The van der Waals surface area contributed by atoms with Crippen molar-refractivity contribution in [1.29, 1.82) is 5.26 Å². The maximum atomic E-state index is 13.3. The molecule has 2 fully saturated rings. The Morgan fingerprint density at radius 2 is 1.95 bits per heavy atom. The Labute approximate surface area is 243 Å². The van der Waals surface area contributed by atoms with Gasteiger partial charge in [-0.3, -0.25) is 14.5 Å². The summed E-state index contributed by atoms with van der Waals surface area (Å²) in [6.45, 7) is 5.45. The average molecular weight is 590 g/mol. The van der Waals surface area contributed by atoms with Crippen LogP contribution in [0.4, 0.5) is 11.6 Å². The number of carbonyl (C=O) groups is 2. The predicted octanol–water partition coefficient (Wildman–Crippen LogP) is 2.36. The molecule has 2 aliphatic heterocycles. The molecule has 0 radical (unpaired) electrons. The summed E-state index contributed by atoms with van der Waals surface area (Å²) in [6, 6.07) is 7.80. The zero-order valence-electron chi connectivity index (χ0n) is 22.4. The van der Waals surface area contributed by atoms with Crippen LogP contribution < -0.4 is 16.0 Å². The lowest BCUT2D eigenvalue weighted by Gasteiger charge is -2.47. The number of likely N-dealkylation sites (tertiary alicyclic amines) is 1. The van der Waals surface area contributed by atoms with Crippen molar-refractivity contribution in [3.05, 3.63) is 45.2 Å². The van der Waals surface area contributed by atoms with Crippen LogP contribution in [0.1, 0.15) is 52.6 Å². The highest BCUT2D eigenvalue weighted by Crippen LogP contribution is 2.30. The van der Waals surface area contributed by atoms with E-state index in [0.717, 1.165) is 25.8 Å². The van der Waals surface area contributed by atoms with Crippen LogP contribution in [-0.4, -0.2) is 94.6 Å². The van der Waals surface area contributed by atoms with Gasteiger partial charge in [-0.1, -0.05) is 30.1 Å². The number of nitrogen functional groups attached to an aromatic ring is 1. The molecule has 4 N–H and O–H groups in total. The topological polar surface area (TPSA) is 152 Å². The quantitative estimate of drug-likeness (QED) is 0.422. The van der Waals surface area contributed by atoms with Crippen molar-refractivity contribution in [2.24, 2.45) is 0 Å². The summed E-state index contributed by atoms with van der Waals surface area (Å²) in [4.78, 5) is 40.6. The molecule has 2 aliphatic rings. The minimum Gasteiger partial charge on any atom is -0.395 e. The minimum absolute atomic E-state index is 0.0130. The number of hydrogen-bond acceptors (Lipinski definition) is 9. The summed E-state index contributed by atoms with van der Waals surface area (Å²) in [5.41, 5.74) is 7.18. The fraction of sp³-hybridized carbons (Fsp3) is 0.519. The molecule has 1 aromatic carbocycles. The van der Waals surface area contributed by atoms with Gasteiger partial charge in [0.05, 0.1) is 19.1 Å². The Morgan fingerprint density at radius 3 is 2.62 bits per heavy atom. The third kappa shape index (κ3) is 6.58. The Morgan fingerprint density at radius 1 is 1.20 bits per heavy atom. The van der Waals surface area contributed by atoms with Gasteiger partial charge in [0.2, 0.25) is 0 Å². The van der Waals surface area contributed by atoms with Crippen LogP contribution in [0.25, 0.3) is 0 Å². The van der Waals surface area contributed by atoms with Crippen LogP contribution in [0.5, 0.6) is 0 Å². The zero-order valence-corrected chi connectivity index (χ0v) is 24.0. The van der Waals surface area contributed by atoms with E-state index in [-0.39, 0.29) is 48.2 Å². The van der Waals surface area contributed by atoms with E-state index in [1.54, 1.807) is 18.2 Å². The molecule has 3 heterocycles. The standard InChI is InChI=1S/C27H34Cl2N8O3/c1-2-19-16-36(25-23(29)33-22(24(31)34-25)26(39)32-9-14-38)12-13-37(19)20-6-10-35(11-7-20)27(40)21-4-3-18(28)15-17(21)5-8-30/h3-4,15,19-20,38H,2,5-7,9-14,16H2,1H3,(H2,31,34)(H,32,39)/t19-/m0/s1. The number of aliphatic hydroxyl groups excluding tert-OH is 1. The van der Waals surface area contributed by atoms with E-state index in [0.29, 0.717) is 54.2 Å². The van der Waals surface area contributed by atoms with E-state index in [9.17, 15) is 9.59 Å². The first-order chi connectivity index (χ1) is 19.3. The highest BCUT2D eigenvalue weighted by Gasteiger charge is 2.35. The molecule has 2 amide bonds. The van der Waals surface area contributed by atoms with Crippen molar-refractivity contribution in [3.63, 3.8) is 0 Å². The van der Waals surface area contributed by atoms with E-state index in [1.807, 2.05) is 4.90 Å². The number of hydrogen-bond donors (Lipinski definition) is 3. The van der Waals surface area contributed by atoms with Gasteiger partial charge < -0.3 is 26.0 Å². The second-order valence-corrected chi connectivity index (χ2v) is 10.8. The third-order valence-electron chi connectivity index (χ3n) is 7.56. The summed E-state index contributed by atoms with van der Waals surface area (Å²) >= 11 is 12.5. The molecule has 2 aromatic rings. The summed E-state index contributed by atoms with van der Waals surface area (Å²) in [5.74, 6) is -0.157. The zero-order chi connectivity index (χ0) is 28.8. The first-order valence-corrected chi connectivity index (χ1v) is 14.2. The molecular weight excluding hydrogens is 555 g/mol. The number of piperidine rings is 1. The van der Waals surface area contributed by atoms with E-state index < -0.39 is 5.91 Å². The summed E-state index contributed by atoms with van der Waals surface area (Å²) < 4.78 is 0. The van der Waals surface area contributed by atoms with E-state index in [1.165, 1.54) is 0 Å². The molecule has 40 heavy (non-hydrogen) atoms. The molecule has 214 valence electrons. The van der Waals surface area contributed by atoms with Gasteiger partial charge in [0, 0.05) is 61.9 Å². The maximum Gasteiger partial charge on any atom is 0.273 e. The second kappa shape index (κ2) is 13.5. The molecule has 0 aliphatic carbocycles. The molecule has 11 nitrogen and oxygen atoms in total. The van der Waals surface area contributed by atoms with Crippen LogP contribution >= 0.6 is 23.2 Å². The van der Waals surface area contributed by atoms with Gasteiger partial charge in [0.1, 0.15) is 0 Å². The van der Waals surface area contributed by atoms with Gasteiger partial charge in [0.25, 0.3) is 11.8 Å². The second-order valence-electron chi connectivity index (χ2n) is 9.96. The van der Waals surface area contributed by atoms with Crippen LogP contribution in [0.2, 0.25) is 10.2 Å². The van der Waals surface area contributed by atoms with Crippen molar-refractivity contribution in [3.8, 4) is 6.07 Å². The molecule has 1 aromatic heterocycles. The van der Waals surface area contributed by atoms with Crippen LogP contribution in [0.15, 0.2) is 18.2 Å². The SMILES string of the molecule is CC[C@H]1CN(c2nc(N)c(C(=O)NCCO)nc2Cl)CCN1C1CCN(C(=O)c2ccc(Cl)cc2CC#N)CC1. The smallest absolute Gasteiger partial charge is 0.273 e. The molecule has 4 rings (SSSR count). The molecule has 1 atom stereocenters. The van der Waals surface area contributed by atoms with Crippen LogP contribution in [-0.2, 0) is 6.42 Å². The molecule has 0 unspecified atom stereocenters. The Hall–Kier alpha value is -3.17. The highest BCUT2D eigenvalue weighted by molar-refractivity contribution is 6.32. The van der Waals surface area contributed by atoms with E-state index in [4.69, 9.17) is 39.3 Å². The number of carbonyl (C=O) groups excluding carboxylic acids is 2. The lowest BCUT2D eigenvalue weighted by atomic mass is 9.97. The van der Waals surface area contributed by atoms with E-state index in [2.05, 4.69) is 38.1 Å². The van der Waals surface area contributed by atoms with Crippen molar-refractivity contribution in [2.45, 2.75) is 44.7 Å². The highest BCUT2D eigenvalue weighted by atomic mass is 35.5. The predicted molar refractivity (Wildman–Crippen MR) is 154 cm³/mol. The average Bonchev–Trinajstić information content (AvgIpc) is 2.96. The monoisotopic (exact) mass is 588 g/mol. The number of rotatable bonds is 8. The number of aromatic nitrogens is 2. The van der Waals surface area contributed by atoms with Crippen molar-refractivity contribution >= 4 is 46.7 Å². The minimum atomic E-state index is -0.536. The first-order valence-electron chi connectivity index (χ1n) is 13.4. The Kier molecular flexibility index (Phi) is 10.0. The van der Waals surface area contributed by atoms with Gasteiger partial charge in [-0.15, -0.1) is 0 Å².